The highest BCUT2D eigenvalue weighted by Crippen LogP contribution is 2.19. The molecule has 0 aliphatic heterocycles. The highest BCUT2D eigenvalue weighted by atomic mass is 16.5. The Balaban J connectivity index is 3.42. The molecule has 0 bridgehead atoms. The van der Waals surface area contributed by atoms with Gasteiger partial charge in [0.2, 0.25) is 5.91 Å². The number of ether oxygens (including phenoxy) is 1. The summed E-state index contributed by atoms with van der Waals surface area (Å²) in [6.07, 6.45) is 75.5. The minimum Gasteiger partial charge on any atom is -0.466 e. The van der Waals surface area contributed by atoms with Crippen LogP contribution in [0.1, 0.15) is 373 Å². The van der Waals surface area contributed by atoms with E-state index >= 15 is 0 Å². The molecule has 428 valence electrons. The first kappa shape index (κ1) is 70.6. The number of hydrogen-bond donors (Lipinski definition) is 3. The van der Waals surface area contributed by atoms with Gasteiger partial charge in [-0.15, -0.1) is 0 Å². The fourth-order valence-electron chi connectivity index (χ4n) is 10.5. The van der Waals surface area contributed by atoms with Crippen LogP contribution in [0.3, 0.4) is 0 Å². The summed E-state index contributed by atoms with van der Waals surface area (Å²) in [6, 6.07) is -0.629. The lowest BCUT2D eigenvalue weighted by molar-refractivity contribution is -0.143. The van der Waals surface area contributed by atoms with E-state index in [0.717, 1.165) is 38.5 Å². The van der Waals surface area contributed by atoms with Gasteiger partial charge in [0.1, 0.15) is 0 Å². The van der Waals surface area contributed by atoms with E-state index in [1.807, 2.05) is 6.08 Å². The molecule has 0 aliphatic rings. The maximum Gasteiger partial charge on any atom is 0.305 e. The average Bonchev–Trinajstić information content (AvgIpc) is 3.38. The number of esters is 1. The second-order valence-corrected chi connectivity index (χ2v) is 22.8. The molecule has 2 unspecified atom stereocenters. The predicted octanol–water partition coefficient (Wildman–Crippen LogP) is 20.8. The number of aliphatic hydroxyl groups is 2. The molecule has 0 rings (SSSR count). The van der Waals surface area contributed by atoms with Gasteiger partial charge in [-0.3, -0.25) is 9.59 Å². The molecule has 0 spiro atoms. The Bertz CT molecular complexity index is 1080. The Labute approximate surface area is 450 Å². The van der Waals surface area contributed by atoms with E-state index in [0.29, 0.717) is 19.4 Å². The topological polar surface area (TPSA) is 95.9 Å². The van der Waals surface area contributed by atoms with Gasteiger partial charge in [0.05, 0.1) is 25.4 Å². The Morgan fingerprint density at radius 1 is 0.375 bits per heavy atom. The number of carbonyl (C=O) groups is 2. The highest BCUT2D eigenvalue weighted by Gasteiger charge is 2.18. The van der Waals surface area contributed by atoms with Crippen LogP contribution in [-0.4, -0.2) is 47.4 Å². The van der Waals surface area contributed by atoms with Crippen LogP contribution in [0.25, 0.3) is 0 Å². The molecule has 0 radical (unpaired) electrons. The molecule has 0 aromatic rings. The normalized spacial score (nSPS) is 12.6. The summed E-state index contributed by atoms with van der Waals surface area (Å²) in [5.41, 5.74) is 0. The monoisotopic (exact) mass is 1020 g/mol. The molecule has 0 saturated carbocycles. The van der Waals surface area contributed by atoms with E-state index < -0.39 is 12.1 Å². The van der Waals surface area contributed by atoms with Crippen LogP contribution in [0.4, 0.5) is 0 Å². The van der Waals surface area contributed by atoms with E-state index in [1.54, 1.807) is 6.08 Å². The summed E-state index contributed by atoms with van der Waals surface area (Å²) >= 11 is 0. The van der Waals surface area contributed by atoms with Crippen LogP contribution in [0.5, 0.6) is 0 Å². The largest absolute Gasteiger partial charge is 0.466 e. The van der Waals surface area contributed by atoms with Gasteiger partial charge in [-0.2, -0.15) is 0 Å². The van der Waals surface area contributed by atoms with Gasteiger partial charge in [-0.1, -0.05) is 341 Å². The summed E-state index contributed by atoms with van der Waals surface area (Å²) in [5.74, 6) is -0.0524. The molecule has 6 heteroatoms. The maximum atomic E-state index is 12.5. The van der Waals surface area contributed by atoms with E-state index in [9.17, 15) is 19.8 Å². The van der Waals surface area contributed by atoms with Crippen molar-refractivity contribution in [3.63, 3.8) is 0 Å². The SMILES string of the molecule is CCCCCCCCCCCCCCCCCCCCCCC/C=C/C(O)C(CO)NC(=O)CCCCCCCCCCCCCCCCCCCCCCCOC(=O)CCCCCCCCCCCCC. The maximum absolute atomic E-state index is 12.5. The smallest absolute Gasteiger partial charge is 0.305 e. The zero-order chi connectivity index (χ0) is 52.2. The quantitative estimate of drug-likeness (QED) is 0.0320. The van der Waals surface area contributed by atoms with Crippen molar-refractivity contribution in [1.82, 2.24) is 5.32 Å². The Morgan fingerprint density at radius 3 is 0.944 bits per heavy atom. The second-order valence-electron chi connectivity index (χ2n) is 22.8. The van der Waals surface area contributed by atoms with Gasteiger partial charge in [0.15, 0.2) is 0 Å². The van der Waals surface area contributed by atoms with Crippen molar-refractivity contribution in [2.45, 2.75) is 386 Å². The van der Waals surface area contributed by atoms with Crippen LogP contribution in [-0.2, 0) is 14.3 Å². The van der Waals surface area contributed by atoms with Crippen LogP contribution in [0.15, 0.2) is 12.2 Å². The minimum atomic E-state index is -0.845. The lowest BCUT2D eigenvalue weighted by atomic mass is 10.0. The van der Waals surface area contributed by atoms with Crippen LogP contribution in [0, 0.1) is 0 Å². The van der Waals surface area contributed by atoms with Gasteiger partial charge in [0, 0.05) is 12.8 Å². The molecule has 2 atom stereocenters. The number of nitrogens with one attached hydrogen (secondary N) is 1. The molecule has 0 fully saturated rings. The zero-order valence-corrected chi connectivity index (χ0v) is 48.9. The molecule has 0 aliphatic carbocycles. The second kappa shape index (κ2) is 62.1. The van der Waals surface area contributed by atoms with Gasteiger partial charge in [-0.25, -0.2) is 0 Å². The van der Waals surface area contributed by atoms with E-state index in [4.69, 9.17) is 4.74 Å². The van der Waals surface area contributed by atoms with Gasteiger partial charge >= 0.3 is 5.97 Å². The lowest BCUT2D eigenvalue weighted by Gasteiger charge is -2.20. The third-order valence-corrected chi connectivity index (χ3v) is 15.6. The number of hydrogen-bond acceptors (Lipinski definition) is 5. The summed E-state index contributed by atoms with van der Waals surface area (Å²) in [6.45, 7) is 4.93. The number of amides is 1. The summed E-state index contributed by atoms with van der Waals surface area (Å²) in [4.78, 5) is 24.5. The molecule has 0 aromatic heterocycles. The number of aliphatic hydroxyl groups excluding tert-OH is 2. The molecular formula is C66H129NO5. The molecular weight excluding hydrogens is 887 g/mol. The van der Waals surface area contributed by atoms with E-state index in [-0.39, 0.29) is 18.5 Å². The third kappa shape index (κ3) is 57.9. The first-order valence-corrected chi connectivity index (χ1v) is 33.0. The first-order valence-electron chi connectivity index (χ1n) is 33.0. The average molecular weight is 1020 g/mol. The number of unbranched alkanes of at least 4 members (excludes halogenated alkanes) is 51. The molecule has 0 heterocycles. The van der Waals surface area contributed by atoms with Crippen LogP contribution < -0.4 is 5.32 Å². The molecule has 0 aromatic carbocycles. The Morgan fingerprint density at radius 2 is 0.639 bits per heavy atom. The standard InChI is InChI=1S/C66H129NO5/c1-3-5-7-9-11-13-15-16-17-18-19-20-21-23-26-29-32-35-39-42-46-50-54-58-64(69)63(62-68)67-65(70)59-55-51-47-43-40-36-33-30-27-24-22-25-28-31-34-37-41-45-49-53-57-61-72-66(71)60-56-52-48-44-38-14-12-10-8-6-4-2/h54,58,63-64,68-69H,3-53,55-57,59-62H2,1-2H3,(H,67,70)/b58-54+. The molecule has 6 nitrogen and oxygen atoms in total. The molecule has 1 amide bonds. The van der Waals surface area contributed by atoms with Crippen molar-refractivity contribution in [1.29, 1.82) is 0 Å². The highest BCUT2D eigenvalue weighted by molar-refractivity contribution is 5.76. The number of allylic oxidation sites excluding steroid dienone is 1. The first-order chi connectivity index (χ1) is 35.5. The van der Waals surface area contributed by atoms with Crippen molar-refractivity contribution in [2.75, 3.05) is 13.2 Å². The Hall–Kier alpha value is -1.40. The van der Waals surface area contributed by atoms with Gasteiger partial charge < -0.3 is 20.3 Å². The fraction of sp³-hybridized carbons (Fsp3) is 0.939. The summed E-state index contributed by atoms with van der Waals surface area (Å²) < 4.78 is 5.47. The molecule has 0 saturated heterocycles. The van der Waals surface area contributed by atoms with E-state index in [2.05, 4.69) is 19.2 Å². The molecule has 72 heavy (non-hydrogen) atoms. The number of rotatable bonds is 62. The fourth-order valence-corrected chi connectivity index (χ4v) is 10.5. The lowest BCUT2D eigenvalue weighted by Crippen LogP contribution is -2.45. The minimum absolute atomic E-state index is 0.0120. The van der Waals surface area contributed by atoms with Crippen LogP contribution in [0.2, 0.25) is 0 Å². The Kier molecular flexibility index (Phi) is 60.9. The number of carbonyl (C=O) groups excluding carboxylic acids is 2. The van der Waals surface area contributed by atoms with Crippen molar-refractivity contribution < 1.29 is 24.5 Å². The predicted molar refractivity (Wildman–Crippen MR) is 315 cm³/mol. The zero-order valence-electron chi connectivity index (χ0n) is 48.9. The molecule has 3 N–H and O–H groups in total. The summed E-state index contributed by atoms with van der Waals surface area (Å²) in [5, 5.41) is 23.2. The summed E-state index contributed by atoms with van der Waals surface area (Å²) in [7, 11) is 0. The van der Waals surface area contributed by atoms with Gasteiger partial charge in [-0.05, 0) is 32.1 Å². The van der Waals surface area contributed by atoms with Crippen molar-refractivity contribution >= 4 is 11.9 Å². The van der Waals surface area contributed by atoms with E-state index in [1.165, 1.54) is 308 Å². The third-order valence-electron chi connectivity index (χ3n) is 15.6. The van der Waals surface area contributed by atoms with Gasteiger partial charge in [0.25, 0.3) is 0 Å². The van der Waals surface area contributed by atoms with Crippen molar-refractivity contribution in [3.05, 3.63) is 12.2 Å². The van der Waals surface area contributed by atoms with Crippen molar-refractivity contribution in [2.24, 2.45) is 0 Å². The van der Waals surface area contributed by atoms with Crippen LogP contribution >= 0.6 is 0 Å². The van der Waals surface area contributed by atoms with Crippen molar-refractivity contribution in [3.8, 4) is 0 Å².